The summed E-state index contributed by atoms with van der Waals surface area (Å²) in [6.45, 7) is 2.58. The maximum absolute atomic E-state index is 12.4. The van der Waals surface area contributed by atoms with Gasteiger partial charge in [-0.3, -0.25) is 19.2 Å². The number of hydrogen-bond donors (Lipinski definition) is 8. The van der Waals surface area contributed by atoms with Crippen LogP contribution < -0.4 is 27.4 Å². The summed E-state index contributed by atoms with van der Waals surface area (Å²) in [6.07, 6.45) is -0.617. The van der Waals surface area contributed by atoms with Gasteiger partial charge >= 0.3 is 5.97 Å². The van der Waals surface area contributed by atoms with E-state index in [-0.39, 0.29) is 5.75 Å². The van der Waals surface area contributed by atoms with Crippen LogP contribution in [0.5, 0.6) is 0 Å². The Morgan fingerprint density at radius 3 is 1.89 bits per heavy atom. The summed E-state index contributed by atoms with van der Waals surface area (Å²) in [4.78, 5) is 58.6. The lowest BCUT2D eigenvalue weighted by Crippen LogP contribution is -2.59. The van der Waals surface area contributed by atoms with Crippen LogP contribution >= 0.6 is 12.6 Å². The molecular formula is C15H27N5O7S. The van der Waals surface area contributed by atoms with Crippen LogP contribution in [0.1, 0.15) is 20.3 Å². The number of nitrogens with one attached hydrogen (secondary N) is 3. The molecule has 12 nitrogen and oxygen atoms in total. The molecule has 160 valence electrons. The molecule has 4 amide bonds. The van der Waals surface area contributed by atoms with Crippen molar-refractivity contribution in [1.82, 2.24) is 16.0 Å². The zero-order chi connectivity index (χ0) is 22.0. The highest BCUT2D eigenvalue weighted by molar-refractivity contribution is 7.80. The molecule has 0 rings (SSSR count). The number of carboxylic acids is 1. The van der Waals surface area contributed by atoms with Crippen molar-refractivity contribution in [2.24, 2.45) is 17.4 Å². The highest BCUT2D eigenvalue weighted by Gasteiger charge is 2.31. The first-order valence-electron chi connectivity index (χ1n) is 8.34. The summed E-state index contributed by atoms with van der Waals surface area (Å²) in [6, 6.07) is -5.09. The Balaban J connectivity index is 5.18. The lowest BCUT2D eigenvalue weighted by atomic mass is 10.0. The molecule has 0 saturated carbocycles. The van der Waals surface area contributed by atoms with Gasteiger partial charge in [0.25, 0.3) is 0 Å². The molecule has 0 aliphatic rings. The summed E-state index contributed by atoms with van der Waals surface area (Å²) < 4.78 is 0. The number of thiol groups is 1. The van der Waals surface area contributed by atoms with Crippen LogP contribution in [-0.4, -0.2) is 76.3 Å². The van der Waals surface area contributed by atoms with E-state index in [9.17, 15) is 24.0 Å². The highest BCUT2D eigenvalue weighted by atomic mass is 32.1. The summed E-state index contributed by atoms with van der Waals surface area (Å²) in [5.74, 6) is -5.34. The predicted molar refractivity (Wildman–Crippen MR) is 101 cm³/mol. The van der Waals surface area contributed by atoms with Crippen LogP contribution in [0, 0.1) is 5.92 Å². The Hall–Kier alpha value is -2.38. The highest BCUT2D eigenvalue weighted by Crippen LogP contribution is 2.05. The standard InChI is InChI=1S/C15H27N5O7S/c1-6(2)11(14(25)18-8(15(26)27)3-10(17)22)20-13(24)9(5-28)19-12(23)7(16)4-21/h6-9,11,21,28H,3-5,16H2,1-2H3,(H2,17,22)(H,18,25)(H,19,23)(H,20,24)(H,26,27). The molecule has 9 N–H and O–H groups in total. The van der Waals surface area contributed by atoms with Gasteiger partial charge < -0.3 is 37.6 Å². The summed E-state index contributed by atoms with van der Waals surface area (Å²) in [7, 11) is 0. The van der Waals surface area contributed by atoms with Crippen LogP contribution in [0.25, 0.3) is 0 Å². The van der Waals surface area contributed by atoms with E-state index in [4.69, 9.17) is 21.7 Å². The van der Waals surface area contributed by atoms with Gasteiger partial charge in [-0.15, -0.1) is 0 Å². The van der Waals surface area contributed by atoms with E-state index in [1.54, 1.807) is 13.8 Å². The van der Waals surface area contributed by atoms with E-state index < -0.39 is 72.7 Å². The molecule has 28 heavy (non-hydrogen) atoms. The van der Waals surface area contributed by atoms with Crippen LogP contribution in [0.2, 0.25) is 0 Å². The van der Waals surface area contributed by atoms with E-state index in [1.165, 1.54) is 0 Å². The van der Waals surface area contributed by atoms with Crippen LogP contribution in [0.3, 0.4) is 0 Å². The van der Waals surface area contributed by atoms with Crippen molar-refractivity contribution in [2.75, 3.05) is 12.4 Å². The zero-order valence-electron chi connectivity index (χ0n) is 15.5. The maximum Gasteiger partial charge on any atom is 0.326 e. The number of rotatable bonds is 12. The zero-order valence-corrected chi connectivity index (χ0v) is 16.4. The van der Waals surface area contributed by atoms with E-state index in [0.717, 1.165) is 0 Å². The molecule has 0 aliphatic carbocycles. The van der Waals surface area contributed by atoms with Gasteiger partial charge in [-0.25, -0.2) is 4.79 Å². The number of aliphatic hydroxyl groups is 1. The molecule has 0 bridgehead atoms. The van der Waals surface area contributed by atoms with Crippen molar-refractivity contribution in [3.8, 4) is 0 Å². The first kappa shape index (κ1) is 25.6. The van der Waals surface area contributed by atoms with Crippen molar-refractivity contribution in [3.05, 3.63) is 0 Å². The van der Waals surface area contributed by atoms with E-state index in [2.05, 4.69) is 28.6 Å². The quantitative estimate of drug-likeness (QED) is 0.146. The van der Waals surface area contributed by atoms with Gasteiger partial charge in [-0.1, -0.05) is 13.8 Å². The Kier molecular flexibility index (Phi) is 11.1. The normalized spacial score (nSPS) is 15.1. The van der Waals surface area contributed by atoms with E-state index in [1.807, 2.05) is 0 Å². The molecule has 4 atom stereocenters. The number of aliphatic carboxylic acids is 1. The number of carbonyl (C=O) groups excluding carboxylic acids is 4. The average Bonchev–Trinajstić information content (AvgIpc) is 2.61. The summed E-state index contributed by atoms with van der Waals surface area (Å²) in [5, 5.41) is 24.8. The molecule has 0 heterocycles. The smallest absolute Gasteiger partial charge is 0.326 e. The Morgan fingerprint density at radius 2 is 1.50 bits per heavy atom. The SMILES string of the molecule is CC(C)C(NC(=O)C(CS)NC(=O)C(N)CO)C(=O)NC(CC(N)=O)C(=O)O. The lowest BCUT2D eigenvalue weighted by molar-refractivity contribution is -0.144. The van der Waals surface area contributed by atoms with Gasteiger partial charge in [-0.2, -0.15) is 12.6 Å². The second-order valence-corrected chi connectivity index (χ2v) is 6.70. The van der Waals surface area contributed by atoms with Gasteiger partial charge in [0, 0.05) is 5.75 Å². The van der Waals surface area contributed by atoms with Gasteiger partial charge in [0.1, 0.15) is 24.2 Å². The molecule has 0 saturated heterocycles. The third-order valence-electron chi connectivity index (χ3n) is 3.62. The minimum Gasteiger partial charge on any atom is -0.480 e. The lowest BCUT2D eigenvalue weighted by Gasteiger charge is -2.26. The number of primary amides is 1. The number of carbonyl (C=O) groups is 5. The van der Waals surface area contributed by atoms with Crippen LogP contribution in [0.4, 0.5) is 0 Å². The number of hydrogen-bond acceptors (Lipinski definition) is 8. The van der Waals surface area contributed by atoms with Crippen molar-refractivity contribution in [1.29, 1.82) is 0 Å². The number of nitrogens with two attached hydrogens (primary N) is 2. The first-order valence-corrected chi connectivity index (χ1v) is 8.97. The maximum atomic E-state index is 12.4. The minimum atomic E-state index is -1.55. The molecule has 0 aromatic heterocycles. The summed E-state index contributed by atoms with van der Waals surface area (Å²) in [5.41, 5.74) is 10.3. The second-order valence-electron chi connectivity index (χ2n) is 6.33. The van der Waals surface area contributed by atoms with Crippen LogP contribution in [-0.2, 0) is 24.0 Å². The van der Waals surface area contributed by atoms with Crippen molar-refractivity contribution in [3.63, 3.8) is 0 Å². The Bertz CT molecular complexity index is 601. The van der Waals surface area contributed by atoms with E-state index in [0.29, 0.717) is 0 Å². The number of amides is 4. The van der Waals surface area contributed by atoms with Crippen molar-refractivity contribution < 1.29 is 34.2 Å². The largest absolute Gasteiger partial charge is 0.480 e. The monoisotopic (exact) mass is 421 g/mol. The fourth-order valence-corrected chi connectivity index (χ4v) is 2.26. The average molecular weight is 421 g/mol. The number of aliphatic hydroxyl groups excluding tert-OH is 1. The minimum absolute atomic E-state index is 0.123. The van der Waals surface area contributed by atoms with Gasteiger partial charge in [0.05, 0.1) is 13.0 Å². The fraction of sp³-hybridized carbons (Fsp3) is 0.667. The molecule has 0 aromatic rings. The molecule has 4 unspecified atom stereocenters. The number of carboxylic acid groups (broad SMARTS) is 1. The Labute approximate surface area is 167 Å². The molecule has 0 aliphatic heterocycles. The van der Waals surface area contributed by atoms with Gasteiger partial charge in [0.15, 0.2) is 0 Å². The fourth-order valence-electron chi connectivity index (χ4n) is 2.01. The molecule has 0 aromatic carbocycles. The molecule has 0 fully saturated rings. The first-order chi connectivity index (χ1) is 12.9. The third kappa shape index (κ3) is 8.54. The predicted octanol–water partition coefficient (Wildman–Crippen LogP) is -3.69. The van der Waals surface area contributed by atoms with Crippen molar-refractivity contribution >= 4 is 42.2 Å². The topological polar surface area (TPSA) is 214 Å². The van der Waals surface area contributed by atoms with Crippen molar-refractivity contribution in [2.45, 2.75) is 44.4 Å². The molecule has 13 heteroatoms. The second kappa shape index (κ2) is 12.2. The molecule has 0 radical (unpaired) electrons. The summed E-state index contributed by atoms with van der Waals surface area (Å²) >= 11 is 3.96. The molecular weight excluding hydrogens is 394 g/mol. The van der Waals surface area contributed by atoms with Gasteiger partial charge in [0.2, 0.25) is 23.6 Å². The van der Waals surface area contributed by atoms with Crippen LogP contribution in [0.15, 0.2) is 0 Å². The van der Waals surface area contributed by atoms with E-state index >= 15 is 0 Å². The molecule has 0 spiro atoms. The van der Waals surface area contributed by atoms with Gasteiger partial charge in [-0.05, 0) is 5.92 Å². The Morgan fingerprint density at radius 1 is 0.964 bits per heavy atom. The third-order valence-corrected chi connectivity index (χ3v) is 3.98.